The summed E-state index contributed by atoms with van der Waals surface area (Å²) < 4.78 is 13.7. The lowest BCUT2D eigenvalue weighted by atomic mass is 10.2. The molecule has 9 heteroatoms. The molecule has 0 saturated heterocycles. The van der Waals surface area contributed by atoms with Gasteiger partial charge in [-0.05, 0) is 54.5 Å². The maximum atomic E-state index is 6.45. The average molecular weight is 425 g/mol. The number of hydrogen-bond acceptors (Lipinski definition) is 5. The van der Waals surface area contributed by atoms with Crippen LogP contribution in [0.15, 0.2) is 42.7 Å². The van der Waals surface area contributed by atoms with Crippen molar-refractivity contribution in [1.82, 2.24) is 14.9 Å². The Morgan fingerprint density at radius 3 is 2.74 bits per heavy atom. The minimum atomic E-state index is 0.335. The molecule has 0 spiro atoms. The van der Waals surface area contributed by atoms with Crippen LogP contribution in [0.2, 0.25) is 10.0 Å². The quantitative estimate of drug-likeness (QED) is 0.499. The number of aromatic amines is 1. The summed E-state index contributed by atoms with van der Waals surface area (Å²) in [6.07, 6.45) is 1.57. The van der Waals surface area contributed by atoms with Gasteiger partial charge in [-0.25, -0.2) is 4.68 Å². The minimum absolute atomic E-state index is 0.335. The van der Waals surface area contributed by atoms with Crippen LogP contribution in [0.3, 0.4) is 0 Å². The van der Waals surface area contributed by atoms with Crippen molar-refractivity contribution < 1.29 is 9.47 Å². The highest BCUT2D eigenvalue weighted by atomic mass is 35.5. The van der Waals surface area contributed by atoms with E-state index in [1.54, 1.807) is 11.0 Å². The molecule has 0 aliphatic carbocycles. The molecule has 6 nitrogen and oxygen atoms in total. The van der Waals surface area contributed by atoms with E-state index in [0.29, 0.717) is 46.1 Å². The molecule has 0 unspecified atom stereocenters. The third-order valence-electron chi connectivity index (χ3n) is 3.65. The Morgan fingerprint density at radius 1 is 1.19 bits per heavy atom. The van der Waals surface area contributed by atoms with Gasteiger partial charge < -0.3 is 14.9 Å². The first-order valence-electron chi connectivity index (χ1n) is 8.25. The molecular formula is C18H18Cl2N4O2S. The van der Waals surface area contributed by atoms with Crippen molar-refractivity contribution in [3.05, 3.63) is 68.7 Å². The number of nitrogens with zero attached hydrogens (tertiary/aromatic N) is 2. The maximum Gasteiger partial charge on any atom is 0.214 e. The van der Waals surface area contributed by atoms with Crippen LogP contribution in [-0.4, -0.2) is 21.5 Å². The third-order valence-corrected chi connectivity index (χ3v) is 4.45. The molecule has 0 saturated carbocycles. The van der Waals surface area contributed by atoms with Gasteiger partial charge in [-0.1, -0.05) is 35.3 Å². The number of aromatic nitrogens is 3. The van der Waals surface area contributed by atoms with E-state index < -0.39 is 0 Å². The summed E-state index contributed by atoms with van der Waals surface area (Å²) in [5, 5.41) is 7.67. The predicted molar refractivity (Wildman–Crippen MR) is 109 cm³/mol. The SMILES string of the molecule is CCOc1cc(CNn2cn[nH]c2=S)cc(Cl)c1OCc1cccc(Cl)c1. The number of hydrogen-bond donors (Lipinski definition) is 2. The zero-order valence-electron chi connectivity index (χ0n) is 14.5. The molecule has 3 aromatic rings. The summed E-state index contributed by atoms with van der Waals surface area (Å²) >= 11 is 17.6. The molecular weight excluding hydrogens is 407 g/mol. The van der Waals surface area contributed by atoms with E-state index in [-0.39, 0.29) is 0 Å². The van der Waals surface area contributed by atoms with E-state index in [0.717, 1.165) is 11.1 Å². The third kappa shape index (κ3) is 5.15. The minimum Gasteiger partial charge on any atom is -0.490 e. The first kappa shape index (κ1) is 19.5. The first-order chi connectivity index (χ1) is 13.1. The molecule has 2 N–H and O–H groups in total. The average Bonchev–Trinajstić information content (AvgIpc) is 3.04. The number of ether oxygens (including phenoxy) is 2. The van der Waals surface area contributed by atoms with Crippen molar-refractivity contribution in [3.63, 3.8) is 0 Å². The van der Waals surface area contributed by atoms with Gasteiger partial charge in [0, 0.05) is 5.02 Å². The normalized spacial score (nSPS) is 10.6. The molecule has 0 fully saturated rings. The summed E-state index contributed by atoms with van der Waals surface area (Å²) in [7, 11) is 0. The van der Waals surface area contributed by atoms with Gasteiger partial charge in [0.15, 0.2) is 11.5 Å². The van der Waals surface area contributed by atoms with Crippen molar-refractivity contribution >= 4 is 35.4 Å². The van der Waals surface area contributed by atoms with Crippen molar-refractivity contribution in [2.24, 2.45) is 0 Å². The Labute approximate surface area is 172 Å². The fourth-order valence-electron chi connectivity index (χ4n) is 2.45. The van der Waals surface area contributed by atoms with Crippen molar-refractivity contribution in [2.75, 3.05) is 12.0 Å². The van der Waals surface area contributed by atoms with Crippen LogP contribution >= 0.6 is 35.4 Å². The van der Waals surface area contributed by atoms with Gasteiger partial charge in [-0.15, -0.1) is 0 Å². The van der Waals surface area contributed by atoms with Gasteiger partial charge in [-0.3, -0.25) is 5.10 Å². The van der Waals surface area contributed by atoms with Gasteiger partial charge >= 0.3 is 0 Å². The summed E-state index contributed by atoms with van der Waals surface area (Å²) in [6, 6.07) is 11.2. The standard InChI is InChI=1S/C18H18Cl2N4O2S/c1-2-25-16-8-13(9-22-24-11-21-23-18(24)27)7-15(20)17(16)26-10-12-4-3-5-14(19)6-12/h3-8,11,22H,2,9-10H2,1H3,(H,23,27). The molecule has 3 rings (SSSR count). The Balaban J connectivity index is 1.77. The summed E-state index contributed by atoms with van der Waals surface area (Å²) in [5.41, 5.74) is 5.00. The number of H-pyrrole nitrogens is 1. The molecule has 0 radical (unpaired) electrons. The van der Waals surface area contributed by atoms with Crippen LogP contribution in [0, 0.1) is 4.77 Å². The molecule has 1 aromatic heterocycles. The van der Waals surface area contributed by atoms with E-state index in [9.17, 15) is 0 Å². The fourth-order valence-corrected chi connectivity index (χ4v) is 3.11. The summed E-state index contributed by atoms with van der Waals surface area (Å²) in [5.74, 6) is 1.08. The monoisotopic (exact) mass is 424 g/mol. The van der Waals surface area contributed by atoms with E-state index in [2.05, 4.69) is 15.6 Å². The van der Waals surface area contributed by atoms with Gasteiger partial charge in [0.1, 0.15) is 12.9 Å². The topological polar surface area (TPSA) is 64.1 Å². The second-order valence-electron chi connectivity index (χ2n) is 5.62. The number of nitrogens with one attached hydrogen (secondary N) is 2. The lowest BCUT2D eigenvalue weighted by Crippen LogP contribution is -2.13. The van der Waals surface area contributed by atoms with E-state index in [1.807, 2.05) is 43.3 Å². The first-order valence-corrected chi connectivity index (χ1v) is 9.41. The van der Waals surface area contributed by atoms with Crippen LogP contribution in [0.4, 0.5) is 0 Å². The maximum absolute atomic E-state index is 6.45. The zero-order valence-corrected chi connectivity index (χ0v) is 16.9. The Morgan fingerprint density at radius 2 is 2.04 bits per heavy atom. The van der Waals surface area contributed by atoms with Crippen molar-refractivity contribution in [1.29, 1.82) is 0 Å². The smallest absolute Gasteiger partial charge is 0.214 e. The highest BCUT2D eigenvalue weighted by molar-refractivity contribution is 7.71. The van der Waals surface area contributed by atoms with Crippen LogP contribution in [0.5, 0.6) is 11.5 Å². The largest absolute Gasteiger partial charge is 0.490 e. The Kier molecular flexibility index (Phi) is 6.60. The van der Waals surface area contributed by atoms with Gasteiger partial charge in [0.25, 0.3) is 0 Å². The van der Waals surface area contributed by atoms with Gasteiger partial charge in [0.05, 0.1) is 18.2 Å². The molecule has 0 aliphatic rings. The second-order valence-corrected chi connectivity index (χ2v) is 6.85. The van der Waals surface area contributed by atoms with Crippen LogP contribution in [0.25, 0.3) is 0 Å². The lowest BCUT2D eigenvalue weighted by Gasteiger charge is -2.16. The summed E-state index contributed by atoms with van der Waals surface area (Å²) in [6.45, 7) is 3.22. The molecule has 0 amide bonds. The molecule has 1 heterocycles. The molecule has 0 atom stereocenters. The van der Waals surface area contributed by atoms with E-state index in [4.69, 9.17) is 44.9 Å². The fraction of sp³-hybridized carbons (Fsp3) is 0.222. The lowest BCUT2D eigenvalue weighted by molar-refractivity contribution is 0.269. The van der Waals surface area contributed by atoms with Gasteiger partial charge in [0.2, 0.25) is 4.77 Å². The number of halogens is 2. The Hall–Kier alpha value is -2.22. The summed E-state index contributed by atoms with van der Waals surface area (Å²) in [4.78, 5) is 0. The Bertz CT molecular complexity index is 974. The molecule has 27 heavy (non-hydrogen) atoms. The van der Waals surface area contributed by atoms with Crippen LogP contribution in [0.1, 0.15) is 18.1 Å². The van der Waals surface area contributed by atoms with E-state index >= 15 is 0 Å². The van der Waals surface area contributed by atoms with Crippen LogP contribution < -0.4 is 14.9 Å². The molecule has 142 valence electrons. The zero-order chi connectivity index (χ0) is 19.2. The van der Waals surface area contributed by atoms with Gasteiger partial charge in [-0.2, -0.15) is 5.10 Å². The highest BCUT2D eigenvalue weighted by Crippen LogP contribution is 2.37. The van der Waals surface area contributed by atoms with E-state index in [1.165, 1.54) is 0 Å². The van der Waals surface area contributed by atoms with Crippen molar-refractivity contribution in [2.45, 2.75) is 20.1 Å². The predicted octanol–water partition coefficient (Wildman–Crippen LogP) is 4.97. The number of rotatable bonds is 8. The van der Waals surface area contributed by atoms with Crippen LogP contribution in [-0.2, 0) is 13.2 Å². The second kappa shape index (κ2) is 9.12. The van der Waals surface area contributed by atoms with Crippen molar-refractivity contribution in [3.8, 4) is 11.5 Å². The molecule has 0 aliphatic heterocycles. The number of benzene rings is 2. The molecule has 2 aromatic carbocycles. The molecule has 0 bridgehead atoms. The highest BCUT2D eigenvalue weighted by Gasteiger charge is 2.13.